The molecule has 1 heterocycles. The molecule has 5 nitrogen and oxygen atoms in total. The van der Waals surface area contributed by atoms with E-state index in [0.29, 0.717) is 19.6 Å². The van der Waals surface area contributed by atoms with Gasteiger partial charge in [0.2, 0.25) is 5.91 Å². The molecule has 1 aromatic heterocycles. The molecule has 5 heteroatoms. The number of carbonyl (C=O) groups is 1. The van der Waals surface area contributed by atoms with Crippen molar-refractivity contribution < 1.29 is 9.53 Å². The molecule has 1 amide bonds. The second-order valence-electron chi connectivity index (χ2n) is 6.72. The zero-order chi connectivity index (χ0) is 19.1. The van der Waals surface area contributed by atoms with Gasteiger partial charge < -0.3 is 14.6 Å². The predicted octanol–water partition coefficient (Wildman–Crippen LogP) is 3.28. The van der Waals surface area contributed by atoms with Gasteiger partial charge in [0, 0.05) is 26.6 Å². The summed E-state index contributed by atoms with van der Waals surface area (Å²) in [5, 5.41) is 3.02. The number of fused-ring (bicyclic) bond motifs is 1. The molecule has 0 fully saturated rings. The third-order valence-electron chi connectivity index (χ3n) is 4.76. The lowest BCUT2D eigenvalue weighted by Crippen LogP contribution is -2.26. The van der Waals surface area contributed by atoms with E-state index >= 15 is 0 Å². The van der Waals surface area contributed by atoms with Gasteiger partial charge >= 0.3 is 0 Å². The maximum absolute atomic E-state index is 12.2. The van der Waals surface area contributed by atoms with Crippen LogP contribution in [0.25, 0.3) is 11.0 Å². The Morgan fingerprint density at radius 3 is 2.74 bits per heavy atom. The minimum absolute atomic E-state index is 0.0668. The molecule has 0 aliphatic carbocycles. The second-order valence-corrected chi connectivity index (χ2v) is 6.72. The topological polar surface area (TPSA) is 56.1 Å². The highest BCUT2D eigenvalue weighted by Gasteiger charge is 2.10. The van der Waals surface area contributed by atoms with E-state index in [1.807, 2.05) is 49.4 Å². The highest BCUT2D eigenvalue weighted by atomic mass is 16.5. The molecule has 0 radical (unpaired) electrons. The van der Waals surface area contributed by atoms with Crippen molar-refractivity contribution in [1.29, 1.82) is 0 Å². The fourth-order valence-electron chi connectivity index (χ4n) is 3.27. The van der Waals surface area contributed by atoms with E-state index in [2.05, 4.69) is 16.0 Å². The lowest BCUT2D eigenvalue weighted by atomic mass is 10.1. The smallest absolute Gasteiger partial charge is 0.224 e. The molecule has 3 rings (SSSR count). The van der Waals surface area contributed by atoms with Crippen LogP contribution in [0.5, 0.6) is 0 Å². The number of hydrogen-bond acceptors (Lipinski definition) is 3. The van der Waals surface area contributed by atoms with Gasteiger partial charge in [0.25, 0.3) is 0 Å². The van der Waals surface area contributed by atoms with Crippen molar-refractivity contribution in [1.82, 2.24) is 14.9 Å². The Morgan fingerprint density at radius 2 is 1.93 bits per heavy atom. The molecule has 0 aliphatic heterocycles. The van der Waals surface area contributed by atoms with E-state index in [4.69, 9.17) is 9.72 Å². The van der Waals surface area contributed by atoms with Gasteiger partial charge in [0.15, 0.2) is 0 Å². The molecule has 0 bridgehead atoms. The lowest BCUT2D eigenvalue weighted by molar-refractivity contribution is -0.120. The molecule has 0 saturated carbocycles. The Hall–Kier alpha value is -2.66. The van der Waals surface area contributed by atoms with E-state index in [0.717, 1.165) is 47.4 Å². The number of hydrogen-bond donors (Lipinski definition) is 1. The van der Waals surface area contributed by atoms with E-state index in [1.165, 1.54) is 0 Å². The van der Waals surface area contributed by atoms with Crippen molar-refractivity contribution in [2.45, 2.75) is 32.7 Å². The summed E-state index contributed by atoms with van der Waals surface area (Å²) >= 11 is 0. The number of benzene rings is 2. The molecule has 0 unspecified atom stereocenters. The van der Waals surface area contributed by atoms with Gasteiger partial charge in [-0.1, -0.05) is 36.4 Å². The normalized spacial score (nSPS) is 11.0. The second kappa shape index (κ2) is 9.33. The van der Waals surface area contributed by atoms with Crippen LogP contribution in [-0.2, 0) is 28.9 Å². The number of nitrogens with zero attached hydrogens (tertiary/aromatic N) is 2. The molecule has 0 atom stereocenters. The first kappa shape index (κ1) is 19.1. The number of rotatable bonds is 9. The van der Waals surface area contributed by atoms with Crippen molar-refractivity contribution in [3.8, 4) is 0 Å². The molecule has 142 valence electrons. The third-order valence-corrected chi connectivity index (χ3v) is 4.76. The van der Waals surface area contributed by atoms with Crippen molar-refractivity contribution in [2.24, 2.45) is 0 Å². The highest BCUT2D eigenvalue weighted by Crippen LogP contribution is 2.17. The number of nitrogens with one attached hydrogen (secondary N) is 1. The fourth-order valence-corrected chi connectivity index (χ4v) is 3.27. The summed E-state index contributed by atoms with van der Waals surface area (Å²) in [7, 11) is 1.71. The zero-order valence-corrected chi connectivity index (χ0v) is 16.1. The van der Waals surface area contributed by atoms with E-state index in [-0.39, 0.29) is 5.91 Å². The third kappa shape index (κ3) is 4.95. The quantitative estimate of drug-likeness (QED) is 0.592. The fraction of sp³-hybridized carbons (Fsp3) is 0.364. The summed E-state index contributed by atoms with van der Waals surface area (Å²) < 4.78 is 7.45. The maximum atomic E-state index is 12.2. The SMILES string of the molecule is COCCn1c(CCCNC(=O)Cc2ccccc2C)nc2ccccc21. The van der Waals surface area contributed by atoms with E-state index in [1.54, 1.807) is 7.11 Å². The molecule has 1 N–H and O–H groups in total. The Labute approximate surface area is 160 Å². The monoisotopic (exact) mass is 365 g/mol. The minimum atomic E-state index is 0.0668. The van der Waals surface area contributed by atoms with Crippen molar-refractivity contribution in [2.75, 3.05) is 20.3 Å². The molecule has 3 aromatic rings. The number of aryl methyl sites for hydroxylation is 2. The van der Waals surface area contributed by atoms with Gasteiger partial charge in [-0.25, -0.2) is 4.98 Å². The first-order valence-electron chi connectivity index (χ1n) is 9.43. The Kier molecular flexibility index (Phi) is 6.60. The number of amides is 1. The average Bonchev–Trinajstić information content (AvgIpc) is 3.03. The molecule has 0 saturated heterocycles. The van der Waals surface area contributed by atoms with E-state index in [9.17, 15) is 4.79 Å². The summed E-state index contributed by atoms with van der Waals surface area (Å²) in [6.07, 6.45) is 2.11. The van der Waals surface area contributed by atoms with Crippen LogP contribution >= 0.6 is 0 Å². The van der Waals surface area contributed by atoms with Gasteiger partial charge in [-0.2, -0.15) is 0 Å². The van der Waals surface area contributed by atoms with Gasteiger partial charge in [-0.15, -0.1) is 0 Å². The van der Waals surface area contributed by atoms with Gasteiger partial charge in [0.05, 0.1) is 24.1 Å². The van der Waals surface area contributed by atoms with Crippen LogP contribution in [-0.4, -0.2) is 35.7 Å². The maximum Gasteiger partial charge on any atom is 0.224 e. The molecular formula is C22H27N3O2. The largest absolute Gasteiger partial charge is 0.383 e. The molecule has 27 heavy (non-hydrogen) atoms. The number of ether oxygens (including phenoxy) is 1. The standard InChI is InChI=1S/C22H27N3O2/c1-17-8-3-4-9-18(17)16-22(26)23-13-7-12-21-24-19-10-5-6-11-20(19)25(21)14-15-27-2/h3-6,8-11H,7,12-16H2,1-2H3,(H,23,26). The summed E-state index contributed by atoms with van der Waals surface area (Å²) in [6.45, 7) is 4.12. The lowest BCUT2D eigenvalue weighted by Gasteiger charge is -2.10. The zero-order valence-electron chi connectivity index (χ0n) is 16.1. The number of carbonyl (C=O) groups excluding carboxylic acids is 1. The van der Waals surface area contributed by atoms with Crippen LogP contribution in [0.2, 0.25) is 0 Å². The van der Waals surface area contributed by atoms with Gasteiger partial charge in [-0.05, 0) is 36.6 Å². The molecular weight excluding hydrogens is 338 g/mol. The van der Waals surface area contributed by atoms with Crippen LogP contribution in [0, 0.1) is 6.92 Å². The van der Waals surface area contributed by atoms with Crippen LogP contribution in [0.3, 0.4) is 0 Å². The summed E-state index contributed by atoms with van der Waals surface area (Å²) in [6, 6.07) is 16.2. The van der Waals surface area contributed by atoms with E-state index < -0.39 is 0 Å². The number of methoxy groups -OCH3 is 1. The Balaban J connectivity index is 1.54. The summed E-state index contributed by atoms with van der Waals surface area (Å²) in [4.78, 5) is 16.9. The number of imidazole rings is 1. The van der Waals surface area contributed by atoms with Crippen LogP contribution < -0.4 is 5.32 Å². The molecule has 0 spiro atoms. The number of para-hydroxylation sites is 2. The molecule has 0 aliphatic rings. The number of aromatic nitrogens is 2. The van der Waals surface area contributed by atoms with Crippen molar-refractivity contribution in [3.05, 3.63) is 65.5 Å². The van der Waals surface area contributed by atoms with Crippen molar-refractivity contribution in [3.63, 3.8) is 0 Å². The Bertz CT molecular complexity index is 901. The van der Waals surface area contributed by atoms with Crippen LogP contribution in [0.1, 0.15) is 23.4 Å². The van der Waals surface area contributed by atoms with Gasteiger partial charge in [0.1, 0.15) is 5.82 Å². The average molecular weight is 365 g/mol. The van der Waals surface area contributed by atoms with Crippen LogP contribution in [0.15, 0.2) is 48.5 Å². The Morgan fingerprint density at radius 1 is 1.15 bits per heavy atom. The predicted molar refractivity (Wildman–Crippen MR) is 108 cm³/mol. The summed E-state index contributed by atoms with van der Waals surface area (Å²) in [5.41, 5.74) is 4.37. The summed E-state index contributed by atoms with van der Waals surface area (Å²) in [5.74, 6) is 1.11. The van der Waals surface area contributed by atoms with Gasteiger partial charge in [-0.3, -0.25) is 4.79 Å². The first-order valence-corrected chi connectivity index (χ1v) is 9.43. The minimum Gasteiger partial charge on any atom is -0.383 e. The molecule has 2 aromatic carbocycles. The van der Waals surface area contributed by atoms with Crippen molar-refractivity contribution >= 4 is 16.9 Å². The highest BCUT2D eigenvalue weighted by molar-refractivity contribution is 5.79. The van der Waals surface area contributed by atoms with Crippen LogP contribution in [0.4, 0.5) is 0 Å². The first-order chi connectivity index (χ1) is 13.2.